The molecule has 152 valence electrons. The first-order valence-electron chi connectivity index (χ1n) is 9.81. The molecule has 2 heterocycles. The van der Waals surface area contributed by atoms with Crippen LogP contribution in [-0.2, 0) is 10.0 Å². The Labute approximate surface area is 171 Å². The van der Waals surface area contributed by atoms with Gasteiger partial charge in [-0.05, 0) is 62.6 Å². The van der Waals surface area contributed by atoms with Gasteiger partial charge in [-0.1, -0.05) is 18.2 Å². The second-order valence-corrected chi connectivity index (χ2v) is 9.35. The summed E-state index contributed by atoms with van der Waals surface area (Å²) in [5.41, 5.74) is 3.97. The number of amides is 1. The molecule has 1 saturated heterocycles. The lowest BCUT2D eigenvalue weighted by atomic mass is 10.0. The molecular weight excluding hydrogens is 386 g/mol. The maximum atomic E-state index is 13.0. The fourth-order valence-corrected chi connectivity index (χ4v) is 5.19. The molecule has 4 rings (SSSR count). The van der Waals surface area contributed by atoms with Crippen LogP contribution in [0.15, 0.2) is 53.4 Å². The van der Waals surface area contributed by atoms with E-state index in [2.05, 4.69) is 9.71 Å². The zero-order valence-corrected chi connectivity index (χ0v) is 17.4. The molecule has 0 bridgehead atoms. The number of aromatic nitrogens is 1. The number of benzene rings is 2. The highest BCUT2D eigenvalue weighted by molar-refractivity contribution is 7.89. The Morgan fingerprint density at radius 3 is 2.45 bits per heavy atom. The Hall–Kier alpha value is -2.64. The third kappa shape index (κ3) is 3.93. The second-order valence-electron chi connectivity index (χ2n) is 7.64. The number of carbonyl (C=O) groups excluding carboxylic acids is 1. The molecule has 0 atom stereocenters. The summed E-state index contributed by atoms with van der Waals surface area (Å²) in [4.78, 5) is 18.4. The van der Waals surface area contributed by atoms with E-state index in [9.17, 15) is 13.2 Å². The highest BCUT2D eigenvalue weighted by atomic mass is 32.2. The Morgan fingerprint density at radius 1 is 1.07 bits per heavy atom. The van der Waals surface area contributed by atoms with E-state index in [0.29, 0.717) is 31.5 Å². The number of rotatable bonds is 4. The molecule has 0 radical (unpaired) electrons. The molecule has 1 aliphatic rings. The lowest BCUT2D eigenvalue weighted by molar-refractivity contribution is 0.0711. The average Bonchev–Trinajstić information content (AvgIpc) is 3.02. The maximum absolute atomic E-state index is 13.0. The van der Waals surface area contributed by atoms with Gasteiger partial charge in [0.05, 0.1) is 4.90 Å². The molecule has 1 aromatic heterocycles. The number of nitrogens with zero attached hydrogens (tertiary/aromatic N) is 1. The number of H-pyrrole nitrogens is 1. The van der Waals surface area contributed by atoms with Crippen molar-refractivity contribution in [1.29, 1.82) is 0 Å². The average molecular weight is 412 g/mol. The van der Waals surface area contributed by atoms with Crippen LogP contribution in [-0.4, -0.2) is 43.3 Å². The summed E-state index contributed by atoms with van der Waals surface area (Å²) in [5.74, 6) is -0.00507. The standard InChI is InChI=1S/C22H25N3O3S/c1-15-16(2)23-21-9-8-17(14-20(15)21)22(26)25-12-10-18(11-13-25)24-29(27,28)19-6-4-3-5-7-19/h3-9,14,18,23-24H,10-13H2,1-2H3. The smallest absolute Gasteiger partial charge is 0.253 e. The van der Waals surface area contributed by atoms with Crippen molar-refractivity contribution in [2.75, 3.05) is 13.1 Å². The molecule has 3 aromatic rings. The fraction of sp³-hybridized carbons (Fsp3) is 0.318. The highest BCUT2D eigenvalue weighted by Crippen LogP contribution is 2.24. The zero-order chi connectivity index (χ0) is 20.6. The number of aryl methyl sites for hydroxylation is 2. The SMILES string of the molecule is Cc1[nH]c2ccc(C(=O)N3CCC(NS(=O)(=O)c4ccccc4)CC3)cc2c1C. The van der Waals surface area contributed by atoms with Crippen LogP contribution in [0, 0.1) is 13.8 Å². The van der Waals surface area contributed by atoms with Crippen LogP contribution in [0.5, 0.6) is 0 Å². The van der Waals surface area contributed by atoms with Crippen LogP contribution in [0.1, 0.15) is 34.5 Å². The van der Waals surface area contributed by atoms with Gasteiger partial charge in [0, 0.05) is 41.3 Å². The predicted octanol–water partition coefficient (Wildman–Crippen LogP) is 3.37. The fourth-order valence-electron chi connectivity index (χ4n) is 3.86. The number of nitrogens with one attached hydrogen (secondary N) is 2. The summed E-state index contributed by atoms with van der Waals surface area (Å²) in [6.07, 6.45) is 1.20. The first-order chi connectivity index (χ1) is 13.8. The molecule has 1 amide bonds. The number of aromatic amines is 1. The van der Waals surface area contributed by atoms with Crippen LogP contribution in [0.4, 0.5) is 0 Å². The van der Waals surface area contributed by atoms with E-state index < -0.39 is 10.0 Å². The molecular formula is C22H25N3O3S. The second kappa shape index (κ2) is 7.65. The van der Waals surface area contributed by atoms with Gasteiger partial charge in [-0.15, -0.1) is 0 Å². The van der Waals surface area contributed by atoms with Crippen molar-refractivity contribution in [3.63, 3.8) is 0 Å². The van der Waals surface area contributed by atoms with Crippen molar-refractivity contribution in [2.45, 2.75) is 37.6 Å². The minimum atomic E-state index is -3.53. The molecule has 0 aliphatic carbocycles. The van der Waals surface area contributed by atoms with E-state index in [1.54, 1.807) is 30.3 Å². The summed E-state index contributed by atoms with van der Waals surface area (Å²) in [6, 6.07) is 14.0. The number of fused-ring (bicyclic) bond motifs is 1. The van der Waals surface area contributed by atoms with Crippen LogP contribution in [0.2, 0.25) is 0 Å². The third-order valence-electron chi connectivity index (χ3n) is 5.71. The topological polar surface area (TPSA) is 82.3 Å². The Morgan fingerprint density at radius 2 is 1.76 bits per heavy atom. The molecule has 1 fully saturated rings. The van der Waals surface area contributed by atoms with Gasteiger partial charge in [-0.3, -0.25) is 4.79 Å². The Balaban J connectivity index is 1.42. The maximum Gasteiger partial charge on any atom is 0.253 e. The van der Waals surface area contributed by atoms with Gasteiger partial charge in [0.15, 0.2) is 0 Å². The molecule has 1 aliphatic heterocycles. The first-order valence-corrected chi connectivity index (χ1v) is 11.3. The van der Waals surface area contributed by atoms with Gasteiger partial charge in [0.1, 0.15) is 0 Å². The quantitative estimate of drug-likeness (QED) is 0.691. The van der Waals surface area contributed by atoms with Gasteiger partial charge in [0.25, 0.3) is 5.91 Å². The number of carbonyl (C=O) groups is 1. The number of sulfonamides is 1. The summed E-state index contributed by atoms with van der Waals surface area (Å²) >= 11 is 0. The van der Waals surface area contributed by atoms with Crippen LogP contribution >= 0.6 is 0 Å². The number of piperidine rings is 1. The molecule has 7 heteroatoms. The van der Waals surface area contributed by atoms with Crippen molar-refractivity contribution in [2.24, 2.45) is 0 Å². The van der Waals surface area contributed by atoms with Crippen LogP contribution in [0.3, 0.4) is 0 Å². The third-order valence-corrected chi connectivity index (χ3v) is 7.25. The number of hydrogen-bond acceptors (Lipinski definition) is 3. The van der Waals surface area contributed by atoms with Gasteiger partial charge in [0.2, 0.25) is 10.0 Å². The predicted molar refractivity (Wildman–Crippen MR) is 113 cm³/mol. The zero-order valence-electron chi connectivity index (χ0n) is 16.6. The molecule has 0 spiro atoms. The van der Waals surface area contributed by atoms with Gasteiger partial charge >= 0.3 is 0 Å². The number of hydrogen-bond donors (Lipinski definition) is 2. The van der Waals surface area contributed by atoms with E-state index in [-0.39, 0.29) is 16.8 Å². The molecule has 2 N–H and O–H groups in total. The van der Waals surface area contributed by atoms with E-state index in [4.69, 9.17) is 0 Å². The highest BCUT2D eigenvalue weighted by Gasteiger charge is 2.27. The van der Waals surface area contributed by atoms with E-state index in [1.807, 2.05) is 36.9 Å². The summed E-state index contributed by atoms with van der Waals surface area (Å²) in [5, 5.41) is 1.07. The normalized spacial score (nSPS) is 15.7. The van der Waals surface area contributed by atoms with Crippen molar-refractivity contribution >= 4 is 26.8 Å². The molecule has 6 nitrogen and oxygen atoms in total. The van der Waals surface area contributed by atoms with E-state index in [0.717, 1.165) is 22.2 Å². The van der Waals surface area contributed by atoms with Crippen molar-refractivity contribution < 1.29 is 13.2 Å². The Bertz CT molecular complexity index is 1140. The van der Waals surface area contributed by atoms with Gasteiger partial charge < -0.3 is 9.88 Å². The number of likely N-dealkylation sites (tertiary alicyclic amines) is 1. The molecule has 0 unspecified atom stereocenters. The minimum absolute atomic E-state index is 0.00507. The van der Waals surface area contributed by atoms with Crippen LogP contribution < -0.4 is 4.72 Å². The van der Waals surface area contributed by atoms with E-state index in [1.165, 1.54) is 0 Å². The first kappa shape index (κ1) is 19.7. The summed E-state index contributed by atoms with van der Waals surface area (Å²) < 4.78 is 27.8. The molecule has 2 aromatic carbocycles. The van der Waals surface area contributed by atoms with Crippen LogP contribution in [0.25, 0.3) is 10.9 Å². The summed E-state index contributed by atoms with van der Waals surface area (Å²) in [7, 11) is -3.53. The lowest BCUT2D eigenvalue weighted by Crippen LogP contribution is -2.46. The van der Waals surface area contributed by atoms with Crippen molar-refractivity contribution in [3.8, 4) is 0 Å². The lowest BCUT2D eigenvalue weighted by Gasteiger charge is -2.32. The van der Waals surface area contributed by atoms with Crippen molar-refractivity contribution in [3.05, 3.63) is 65.4 Å². The van der Waals surface area contributed by atoms with Gasteiger partial charge in [-0.25, -0.2) is 13.1 Å². The molecule has 29 heavy (non-hydrogen) atoms. The van der Waals surface area contributed by atoms with E-state index >= 15 is 0 Å². The molecule has 0 saturated carbocycles. The monoisotopic (exact) mass is 411 g/mol. The minimum Gasteiger partial charge on any atom is -0.358 e. The summed E-state index contributed by atoms with van der Waals surface area (Å²) in [6.45, 7) is 5.14. The largest absolute Gasteiger partial charge is 0.358 e. The van der Waals surface area contributed by atoms with Crippen molar-refractivity contribution in [1.82, 2.24) is 14.6 Å². The van der Waals surface area contributed by atoms with Gasteiger partial charge in [-0.2, -0.15) is 0 Å². The Kier molecular flexibility index (Phi) is 5.19.